The summed E-state index contributed by atoms with van der Waals surface area (Å²) in [5.74, 6) is -0.960. The molecule has 2 atom stereocenters. The Kier molecular flexibility index (Phi) is 4.12. The Labute approximate surface area is 116 Å². The van der Waals surface area contributed by atoms with Crippen molar-refractivity contribution in [2.45, 2.75) is 18.6 Å². The first kappa shape index (κ1) is 14.2. The van der Waals surface area contributed by atoms with Gasteiger partial charge in [-0.3, -0.25) is 0 Å². The van der Waals surface area contributed by atoms with Crippen LogP contribution >= 0.6 is 0 Å². The van der Waals surface area contributed by atoms with Crippen LogP contribution in [0.1, 0.15) is 17.2 Å². The normalized spacial score (nSPS) is 13.9. The van der Waals surface area contributed by atoms with Crippen molar-refractivity contribution < 1.29 is 20.4 Å². The van der Waals surface area contributed by atoms with Crippen LogP contribution < -0.4 is 5.73 Å². The van der Waals surface area contributed by atoms with E-state index in [1.165, 1.54) is 0 Å². The highest BCUT2D eigenvalue weighted by Gasteiger charge is 2.24. The number of phenolic OH excluding ortho intramolecular Hbond substituents is 3. The second-order valence-corrected chi connectivity index (χ2v) is 4.68. The first-order valence-electron chi connectivity index (χ1n) is 6.21. The second-order valence-electron chi connectivity index (χ2n) is 4.68. The zero-order valence-electron chi connectivity index (χ0n) is 10.8. The molecule has 0 radical (unpaired) electrons. The van der Waals surface area contributed by atoms with Gasteiger partial charge in [-0.1, -0.05) is 30.3 Å². The maximum atomic E-state index is 10.1. The summed E-state index contributed by atoms with van der Waals surface area (Å²) in [5.41, 5.74) is 6.80. The molecule has 0 saturated carbocycles. The van der Waals surface area contributed by atoms with Crippen LogP contribution in [0.5, 0.6) is 17.2 Å². The summed E-state index contributed by atoms with van der Waals surface area (Å²) in [4.78, 5) is 0. The lowest BCUT2D eigenvalue weighted by molar-refractivity contribution is 0.142. The van der Waals surface area contributed by atoms with Gasteiger partial charge in [-0.05, 0) is 5.56 Å². The van der Waals surface area contributed by atoms with Gasteiger partial charge in [0.05, 0.1) is 17.7 Å². The lowest BCUT2D eigenvalue weighted by Gasteiger charge is -2.21. The molecular weight excluding hydrogens is 258 g/mol. The number of aromatic hydroxyl groups is 3. The van der Waals surface area contributed by atoms with E-state index in [0.29, 0.717) is 6.42 Å². The maximum Gasteiger partial charge on any atom is 0.127 e. The smallest absolute Gasteiger partial charge is 0.127 e. The highest BCUT2D eigenvalue weighted by atomic mass is 16.3. The van der Waals surface area contributed by atoms with E-state index >= 15 is 0 Å². The van der Waals surface area contributed by atoms with Crippen LogP contribution in [-0.4, -0.2) is 26.5 Å². The Hall–Kier alpha value is -2.24. The van der Waals surface area contributed by atoms with E-state index < -0.39 is 12.1 Å². The van der Waals surface area contributed by atoms with Gasteiger partial charge in [0.2, 0.25) is 0 Å². The van der Waals surface area contributed by atoms with Gasteiger partial charge in [-0.25, -0.2) is 0 Å². The van der Waals surface area contributed by atoms with Gasteiger partial charge in [-0.15, -0.1) is 0 Å². The second kappa shape index (κ2) is 5.81. The molecule has 0 aliphatic rings. The molecule has 5 heteroatoms. The zero-order chi connectivity index (χ0) is 14.7. The van der Waals surface area contributed by atoms with Crippen molar-refractivity contribution in [2.24, 2.45) is 5.73 Å². The standard InChI is InChI=1S/C15H17NO4/c16-15(13(20)6-9-4-2-1-3-5-9)14-11(18)7-10(17)8-12(14)19/h1-5,7-8,13,15,17-20H,6,16H2/t13-,15-/m1/s1. The molecule has 0 aromatic heterocycles. The molecular formula is C15H17NO4. The van der Waals surface area contributed by atoms with E-state index in [4.69, 9.17) is 5.73 Å². The van der Waals surface area contributed by atoms with Gasteiger partial charge in [0.15, 0.2) is 0 Å². The van der Waals surface area contributed by atoms with E-state index in [9.17, 15) is 20.4 Å². The van der Waals surface area contributed by atoms with Crippen molar-refractivity contribution in [1.82, 2.24) is 0 Å². The van der Waals surface area contributed by atoms with E-state index in [1.807, 2.05) is 30.3 Å². The van der Waals surface area contributed by atoms with E-state index in [1.54, 1.807) is 0 Å². The van der Waals surface area contributed by atoms with Gasteiger partial charge in [-0.2, -0.15) is 0 Å². The first-order valence-corrected chi connectivity index (χ1v) is 6.21. The quantitative estimate of drug-likeness (QED) is 0.580. The van der Waals surface area contributed by atoms with Gasteiger partial charge in [0, 0.05) is 18.6 Å². The average Bonchev–Trinajstić information content (AvgIpc) is 2.38. The van der Waals surface area contributed by atoms with Crippen LogP contribution in [-0.2, 0) is 6.42 Å². The fourth-order valence-electron chi connectivity index (χ4n) is 2.12. The van der Waals surface area contributed by atoms with Crippen LogP contribution in [0.4, 0.5) is 0 Å². The van der Waals surface area contributed by atoms with Crippen LogP contribution in [0.25, 0.3) is 0 Å². The summed E-state index contributed by atoms with van der Waals surface area (Å²) in [7, 11) is 0. The van der Waals surface area contributed by atoms with E-state index in [0.717, 1.165) is 17.7 Å². The molecule has 0 bridgehead atoms. The van der Waals surface area contributed by atoms with Crippen LogP contribution in [0.2, 0.25) is 0 Å². The predicted octanol–water partition coefficient (Wildman–Crippen LogP) is 1.41. The summed E-state index contributed by atoms with van der Waals surface area (Å²) in [6.45, 7) is 0. The molecule has 0 unspecified atom stereocenters. The number of aliphatic hydroxyl groups is 1. The fraction of sp³-hybridized carbons (Fsp3) is 0.200. The Bertz CT molecular complexity index is 563. The molecule has 5 nitrogen and oxygen atoms in total. The number of hydrogen-bond donors (Lipinski definition) is 5. The van der Waals surface area contributed by atoms with E-state index in [2.05, 4.69) is 0 Å². The summed E-state index contributed by atoms with van der Waals surface area (Å²) in [6, 6.07) is 10.5. The molecule has 0 aliphatic carbocycles. The molecule has 2 aromatic rings. The monoisotopic (exact) mass is 275 g/mol. The molecule has 2 rings (SSSR count). The molecule has 0 saturated heterocycles. The third-order valence-electron chi connectivity index (χ3n) is 3.16. The SMILES string of the molecule is N[C@@H](c1c(O)cc(O)cc1O)[C@H](O)Cc1ccccc1. The predicted molar refractivity (Wildman–Crippen MR) is 74.5 cm³/mol. The molecule has 20 heavy (non-hydrogen) atoms. The first-order chi connectivity index (χ1) is 9.49. The molecule has 2 aromatic carbocycles. The lowest BCUT2D eigenvalue weighted by atomic mass is 9.95. The van der Waals surface area contributed by atoms with Crippen LogP contribution in [0, 0.1) is 0 Å². The van der Waals surface area contributed by atoms with Crippen molar-refractivity contribution in [3.05, 3.63) is 53.6 Å². The van der Waals surface area contributed by atoms with Crippen molar-refractivity contribution in [2.75, 3.05) is 0 Å². The third-order valence-corrected chi connectivity index (χ3v) is 3.16. The van der Waals surface area contributed by atoms with Gasteiger partial charge in [0.25, 0.3) is 0 Å². The Morgan fingerprint density at radius 3 is 2.05 bits per heavy atom. The van der Waals surface area contributed by atoms with Crippen LogP contribution in [0.3, 0.4) is 0 Å². The van der Waals surface area contributed by atoms with Crippen molar-refractivity contribution in [3.8, 4) is 17.2 Å². The molecule has 0 spiro atoms. The lowest BCUT2D eigenvalue weighted by Crippen LogP contribution is -2.28. The van der Waals surface area contributed by atoms with Crippen LogP contribution in [0.15, 0.2) is 42.5 Å². The zero-order valence-corrected chi connectivity index (χ0v) is 10.8. The van der Waals surface area contributed by atoms with E-state index in [-0.39, 0.29) is 22.8 Å². The third kappa shape index (κ3) is 3.01. The Morgan fingerprint density at radius 2 is 1.50 bits per heavy atom. The number of benzene rings is 2. The minimum Gasteiger partial charge on any atom is -0.508 e. The van der Waals surface area contributed by atoms with Gasteiger partial charge < -0.3 is 26.2 Å². The number of rotatable bonds is 4. The summed E-state index contributed by atoms with van der Waals surface area (Å²) >= 11 is 0. The molecule has 0 fully saturated rings. The minimum absolute atomic E-state index is 0.0197. The molecule has 6 N–H and O–H groups in total. The van der Waals surface area contributed by atoms with Crippen molar-refractivity contribution in [1.29, 1.82) is 0 Å². The highest BCUT2D eigenvalue weighted by Crippen LogP contribution is 2.37. The topological polar surface area (TPSA) is 107 Å². The Balaban J connectivity index is 2.21. The number of nitrogens with two attached hydrogens (primary N) is 1. The molecule has 0 aliphatic heterocycles. The number of hydrogen-bond acceptors (Lipinski definition) is 5. The molecule has 0 amide bonds. The number of phenols is 3. The van der Waals surface area contributed by atoms with Gasteiger partial charge >= 0.3 is 0 Å². The summed E-state index contributed by atoms with van der Waals surface area (Å²) in [5, 5.41) is 38.9. The van der Waals surface area contributed by atoms with Gasteiger partial charge in [0.1, 0.15) is 17.2 Å². The summed E-state index contributed by atoms with van der Waals surface area (Å²) in [6.07, 6.45) is -0.680. The largest absolute Gasteiger partial charge is 0.508 e. The highest BCUT2D eigenvalue weighted by molar-refractivity contribution is 5.50. The molecule has 106 valence electrons. The fourth-order valence-corrected chi connectivity index (χ4v) is 2.12. The average molecular weight is 275 g/mol. The number of aliphatic hydroxyl groups excluding tert-OH is 1. The summed E-state index contributed by atoms with van der Waals surface area (Å²) < 4.78 is 0. The Morgan fingerprint density at radius 1 is 0.950 bits per heavy atom. The minimum atomic E-state index is -0.973. The maximum absolute atomic E-state index is 10.1. The van der Waals surface area contributed by atoms with Crippen molar-refractivity contribution in [3.63, 3.8) is 0 Å². The van der Waals surface area contributed by atoms with Crippen molar-refractivity contribution >= 4 is 0 Å². The molecule has 0 heterocycles.